The van der Waals surface area contributed by atoms with Crippen molar-refractivity contribution in [3.8, 4) is 0 Å². The molecule has 8 bridgehead atoms. The van der Waals surface area contributed by atoms with E-state index in [9.17, 15) is 5.11 Å². The first-order valence-corrected chi connectivity index (χ1v) is 18.2. The molecule has 260 valence electrons. The molecule has 0 radical (unpaired) electrons. The lowest BCUT2D eigenvalue weighted by atomic mass is 9.95. The molecule has 0 saturated heterocycles. The van der Waals surface area contributed by atoms with Crippen LogP contribution in [0.3, 0.4) is 0 Å². The molecule has 0 unspecified atom stereocenters. The number of allylic oxidation sites excluding steroid dienone is 8. The van der Waals surface area contributed by atoms with Crippen LogP contribution in [0.4, 0.5) is 0 Å². The molecule has 4 aromatic carbocycles. The summed E-state index contributed by atoms with van der Waals surface area (Å²) in [6.07, 6.45) is 11.5. The number of nitrogens with zero attached hydrogens (tertiary/aromatic N) is 3. The Morgan fingerprint density at radius 3 is 1.35 bits per heavy atom. The number of H-pyrrole nitrogens is 1. The summed E-state index contributed by atoms with van der Waals surface area (Å²) in [5, 5.41) is 12.6. The van der Waals surface area contributed by atoms with Crippen molar-refractivity contribution >= 4 is 39.4 Å². The van der Waals surface area contributed by atoms with Gasteiger partial charge in [0.05, 0.1) is 40.5 Å². The van der Waals surface area contributed by atoms with E-state index in [1.807, 2.05) is 6.08 Å². The van der Waals surface area contributed by atoms with Crippen molar-refractivity contribution in [2.75, 3.05) is 0 Å². The van der Waals surface area contributed by atoms with Gasteiger partial charge in [-0.15, -0.1) is 0 Å². The highest BCUT2D eigenvalue weighted by molar-refractivity contribution is 6.36. The number of aliphatic hydroxyl groups excluding tert-OH is 1. The maximum Gasteiger partial charge on any atom is 0.0886 e. The van der Waals surface area contributed by atoms with E-state index in [1.165, 1.54) is 11.1 Å². The van der Waals surface area contributed by atoms with Crippen LogP contribution in [-0.4, -0.2) is 27.2 Å². The second kappa shape index (κ2) is 13.3. The highest BCUT2D eigenvalue weighted by Crippen LogP contribution is 2.39. The summed E-state index contributed by atoms with van der Waals surface area (Å²) in [6.45, 7) is 8.37. The third kappa shape index (κ3) is 5.90. The third-order valence-electron chi connectivity index (χ3n) is 10.3. The van der Waals surface area contributed by atoms with Crippen LogP contribution in [0.1, 0.15) is 44.5 Å². The Balaban J connectivity index is 1.42. The summed E-state index contributed by atoms with van der Waals surface area (Å²) in [4.78, 5) is 19.9. The number of fused-ring (bicyclic) bond motifs is 5. The smallest absolute Gasteiger partial charge is 0.0886 e. The first-order valence-electron chi connectivity index (χ1n) is 18.2. The molecule has 1 aromatic heterocycles. The number of aromatic nitrogens is 1. The SMILES string of the molecule is Cc1ccc(C2=C3C=CC(=N3)C(c3ccc(C)cc3)=C3C=CC(=N3)C(c3ccc(C)cc3)=c3ccc([nH]3)=C(c3ccc(C)cc3)C3=NC2=C/C3=C/O)cc1. The number of aliphatic hydroxyl groups is 1. The lowest BCUT2D eigenvalue weighted by Crippen LogP contribution is -2.22. The first kappa shape index (κ1) is 33.0. The molecular weight excluding hydrogens is 661 g/mol. The van der Waals surface area contributed by atoms with E-state index < -0.39 is 0 Å². The van der Waals surface area contributed by atoms with E-state index in [-0.39, 0.29) is 0 Å². The van der Waals surface area contributed by atoms with Gasteiger partial charge in [0.15, 0.2) is 0 Å². The minimum Gasteiger partial charge on any atom is -0.515 e. The summed E-state index contributed by atoms with van der Waals surface area (Å²) < 4.78 is 0. The summed E-state index contributed by atoms with van der Waals surface area (Å²) >= 11 is 0. The summed E-state index contributed by atoms with van der Waals surface area (Å²) in [5.41, 5.74) is 17.8. The number of aliphatic imine (C=N–C) groups is 3. The van der Waals surface area contributed by atoms with Gasteiger partial charge in [0.25, 0.3) is 0 Å². The highest BCUT2D eigenvalue weighted by atomic mass is 16.2. The quantitative estimate of drug-likeness (QED) is 0.181. The Bertz CT molecular complexity index is 2790. The van der Waals surface area contributed by atoms with Crippen molar-refractivity contribution in [2.45, 2.75) is 27.7 Å². The standard InChI is InChI=1S/C49H38N4O/c1-29-5-13-33(14-6-29)45-38-21-22-39(50-38)46(34-15-7-30(2)8-16-34)41-25-26-43(52-41)48(36-19-11-32(4)12-20-36)49-37(28-54)27-44(53-49)47(42-24-23-40(45)51-42)35-17-9-31(3)10-18-35/h5-28,52,54H,1-4H3/b37-28-,45-38?,46-41?,47-42?,48-43?. The molecule has 5 aromatic rings. The van der Waals surface area contributed by atoms with Gasteiger partial charge in [-0.3, -0.25) is 0 Å². The number of hydrogen-bond donors (Lipinski definition) is 2. The Morgan fingerprint density at radius 1 is 0.444 bits per heavy atom. The maximum atomic E-state index is 10.8. The van der Waals surface area contributed by atoms with Gasteiger partial charge in [-0.2, -0.15) is 0 Å². The minimum atomic E-state index is 0.619. The number of hydrogen-bond acceptors (Lipinski definition) is 4. The van der Waals surface area contributed by atoms with Gasteiger partial charge in [0.1, 0.15) is 0 Å². The van der Waals surface area contributed by atoms with E-state index in [4.69, 9.17) is 15.0 Å². The van der Waals surface area contributed by atoms with Gasteiger partial charge in [-0.25, -0.2) is 15.0 Å². The Labute approximate surface area is 314 Å². The number of rotatable bonds is 4. The molecule has 0 saturated carbocycles. The average Bonchev–Trinajstić information content (AvgIpc) is 4.01. The normalized spacial score (nSPS) is 17.1. The fraction of sp³-hybridized carbons (Fsp3) is 0.0816. The number of aryl methyl sites for hydroxylation is 4. The summed E-state index contributed by atoms with van der Waals surface area (Å²) in [6, 6.07) is 38.3. The van der Waals surface area contributed by atoms with E-state index >= 15 is 0 Å². The number of aromatic amines is 1. The van der Waals surface area contributed by atoms with Crippen LogP contribution in [0.25, 0.3) is 22.3 Å². The van der Waals surface area contributed by atoms with Gasteiger partial charge in [0, 0.05) is 38.6 Å². The topological polar surface area (TPSA) is 73.1 Å². The van der Waals surface area contributed by atoms with Crippen molar-refractivity contribution in [3.63, 3.8) is 0 Å². The molecule has 54 heavy (non-hydrogen) atoms. The molecule has 4 aliphatic heterocycles. The highest BCUT2D eigenvalue weighted by Gasteiger charge is 2.28. The van der Waals surface area contributed by atoms with Gasteiger partial charge in [-0.05, 0) is 92.5 Å². The van der Waals surface area contributed by atoms with Crippen molar-refractivity contribution < 1.29 is 5.11 Å². The van der Waals surface area contributed by atoms with E-state index in [0.29, 0.717) is 11.3 Å². The van der Waals surface area contributed by atoms with Crippen molar-refractivity contribution in [1.29, 1.82) is 0 Å². The van der Waals surface area contributed by atoms with Gasteiger partial charge < -0.3 is 10.1 Å². The molecule has 0 aliphatic carbocycles. The molecular formula is C49H38N4O. The van der Waals surface area contributed by atoms with E-state index in [0.717, 1.165) is 101 Å². The molecule has 2 N–H and O–H groups in total. The molecule has 5 nitrogen and oxygen atoms in total. The van der Waals surface area contributed by atoms with Gasteiger partial charge in [0.2, 0.25) is 0 Å². The van der Waals surface area contributed by atoms with Crippen LogP contribution in [-0.2, 0) is 0 Å². The second-order valence-electron chi connectivity index (χ2n) is 14.3. The zero-order valence-corrected chi connectivity index (χ0v) is 30.6. The van der Waals surface area contributed by atoms with Crippen LogP contribution >= 0.6 is 0 Å². The van der Waals surface area contributed by atoms with Crippen LogP contribution in [0.2, 0.25) is 0 Å². The lowest BCUT2D eigenvalue weighted by Gasteiger charge is -2.12. The number of benzene rings is 4. The second-order valence-corrected chi connectivity index (χ2v) is 14.3. The molecule has 0 amide bonds. The predicted molar refractivity (Wildman–Crippen MR) is 223 cm³/mol. The maximum absolute atomic E-state index is 10.8. The molecule has 5 heterocycles. The molecule has 5 heteroatoms. The van der Waals surface area contributed by atoms with Crippen molar-refractivity contribution in [3.05, 3.63) is 224 Å². The van der Waals surface area contributed by atoms with Crippen LogP contribution in [0.5, 0.6) is 0 Å². The summed E-state index contributed by atoms with van der Waals surface area (Å²) in [7, 11) is 0. The Morgan fingerprint density at radius 2 is 0.852 bits per heavy atom. The number of nitrogens with one attached hydrogen (secondary N) is 1. The predicted octanol–water partition coefficient (Wildman–Crippen LogP) is 9.28. The van der Waals surface area contributed by atoms with Crippen molar-refractivity contribution in [1.82, 2.24) is 4.98 Å². The Hall–Kier alpha value is -6.85. The third-order valence-corrected chi connectivity index (χ3v) is 10.3. The van der Waals surface area contributed by atoms with Crippen LogP contribution < -0.4 is 10.7 Å². The largest absolute Gasteiger partial charge is 0.515 e. The first-order chi connectivity index (χ1) is 26.3. The van der Waals surface area contributed by atoms with Crippen molar-refractivity contribution in [2.24, 2.45) is 15.0 Å². The fourth-order valence-corrected chi connectivity index (χ4v) is 7.42. The zero-order chi connectivity index (χ0) is 36.9. The molecule has 4 aliphatic rings. The van der Waals surface area contributed by atoms with Crippen LogP contribution in [0, 0.1) is 27.7 Å². The lowest BCUT2D eigenvalue weighted by molar-refractivity contribution is 0.472. The van der Waals surface area contributed by atoms with Crippen LogP contribution in [0.15, 0.2) is 183 Å². The van der Waals surface area contributed by atoms with Gasteiger partial charge >= 0.3 is 0 Å². The van der Waals surface area contributed by atoms with E-state index in [1.54, 1.807) is 0 Å². The monoisotopic (exact) mass is 698 g/mol. The molecule has 0 fully saturated rings. The fourth-order valence-electron chi connectivity index (χ4n) is 7.42. The average molecular weight is 699 g/mol. The van der Waals surface area contributed by atoms with E-state index in [2.05, 4.69) is 166 Å². The van der Waals surface area contributed by atoms with Gasteiger partial charge in [-0.1, -0.05) is 119 Å². The molecule has 9 rings (SSSR count). The molecule has 0 atom stereocenters. The zero-order valence-electron chi connectivity index (χ0n) is 30.6. The molecule has 0 spiro atoms. The minimum absolute atomic E-state index is 0.619. The summed E-state index contributed by atoms with van der Waals surface area (Å²) in [5.74, 6) is 0. The Kier molecular flexibility index (Phi) is 8.12.